The zero-order valence-electron chi connectivity index (χ0n) is 13.5. The van der Waals surface area contributed by atoms with Gasteiger partial charge in [0.1, 0.15) is 5.75 Å². The summed E-state index contributed by atoms with van der Waals surface area (Å²) in [5.41, 5.74) is 1.43. The van der Waals surface area contributed by atoms with Crippen LogP contribution in [0.3, 0.4) is 0 Å². The van der Waals surface area contributed by atoms with Crippen LogP contribution < -0.4 is 10.2 Å². The SMILES string of the molecule is O=C(Nc1ccc([N+](=O)[O-])cc1)N1CCN(c2cccc(O)c2)CC1. The fraction of sp³-hybridized carbons (Fsp3) is 0.235. The molecule has 0 unspecified atom stereocenters. The van der Waals surface area contributed by atoms with Crippen molar-refractivity contribution in [3.05, 3.63) is 58.6 Å². The topological polar surface area (TPSA) is 98.9 Å². The molecule has 1 saturated heterocycles. The first-order chi connectivity index (χ1) is 12.0. The zero-order chi connectivity index (χ0) is 17.8. The highest BCUT2D eigenvalue weighted by atomic mass is 16.6. The number of non-ortho nitro benzene ring substituents is 1. The van der Waals surface area contributed by atoms with Crippen molar-refractivity contribution < 1.29 is 14.8 Å². The number of benzene rings is 2. The van der Waals surface area contributed by atoms with Crippen molar-refractivity contribution in [3.63, 3.8) is 0 Å². The molecule has 2 aromatic carbocycles. The molecule has 0 saturated carbocycles. The molecule has 1 heterocycles. The molecule has 0 atom stereocenters. The molecule has 2 aromatic rings. The zero-order valence-corrected chi connectivity index (χ0v) is 13.5. The van der Waals surface area contributed by atoms with E-state index in [-0.39, 0.29) is 17.5 Å². The highest BCUT2D eigenvalue weighted by molar-refractivity contribution is 5.89. The third kappa shape index (κ3) is 3.97. The summed E-state index contributed by atoms with van der Waals surface area (Å²) in [4.78, 5) is 26.3. The van der Waals surface area contributed by atoms with E-state index in [9.17, 15) is 20.0 Å². The summed E-state index contributed by atoms with van der Waals surface area (Å²) in [6.45, 7) is 2.43. The molecule has 2 N–H and O–H groups in total. The largest absolute Gasteiger partial charge is 0.508 e. The number of amides is 2. The molecular weight excluding hydrogens is 324 g/mol. The van der Waals surface area contributed by atoms with Gasteiger partial charge in [0.2, 0.25) is 0 Å². The second-order valence-corrected chi connectivity index (χ2v) is 5.73. The lowest BCUT2D eigenvalue weighted by atomic mass is 10.2. The van der Waals surface area contributed by atoms with Crippen LogP contribution >= 0.6 is 0 Å². The summed E-state index contributed by atoms with van der Waals surface area (Å²) < 4.78 is 0. The van der Waals surface area contributed by atoms with Crippen LogP contribution in [0, 0.1) is 10.1 Å². The molecular formula is C17H18N4O4. The van der Waals surface area contributed by atoms with Crippen molar-refractivity contribution in [1.82, 2.24) is 4.90 Å². The average Bonchev–Trinajstić information content (AvgIpc) is 2.62. The fourth-order valence-corrected chi connectivity index (χ4v) is 2.73. The van der Waals surface area contributed by atoms with Crippen LogP contribution in [0.25, 0.3) is 0 Å². The minimum atomic E-state index is -0.480. The first-order valence-electron chi connectivity index (χ1n) is 7.87. The Morgan fingerprint density at radius 2 is 1.76 bits per heavy atom. The molecule has 25 heavy (non-hydrogen) atoms. The van der Waals surface area contributed by atoms with E-state index in [0.29, 0.717) is 31.9 Å². The Morgan fingerprint density at radius 3 is 2.36 bits per heavy atom. The van der Waals surface area contributed by atoms with Gasteiger partial charge in [0.05, 0.1) is 4.92 Å². The van der Waals surface area contributed by atoms with E-state index in [1.165, 1.54) is 24.3 Å². The Bertz CT molecular complexity index is 770. The minimum absolute atomic E-state index is 0.0160. The normalized spacial score (nSPS) is 14.2. The summed E-state index contributed by atoms with van der Waals surface area (Å²) in [5.74, 6) is 0.218. The number of hydrogen-bond acceptors (Lipinski definition) is 5. The van der Waals surface area contributed by atoms with Gasteiger partial charge in [-0.2, -0.15) is 0 Å². The lowest BCUT2D eigenvalue weighted by molar-refractivity contribution is -0.384. The molecule has 0 aromatic heterocycles. The van der Waals surface area contributed by atoms with Crippen LogP contribution in [0.2, 0.25) is 0 Å². The highest BCUT2D eigenvalue weighted by Gasteiger charge is 2.21. The maximum absolute atomic E-state index is 12.3. The van der Waals surface area contributed by atoms with Crippen molar-refractivity contribution in [2.24, 2.45) is 0 Å². The van der Waals surface area contributed by atoms with Crippen LogP contribution in [0.5, 0.6) is 5.75 Å². The van der Waals surface area contributed by atoms with Crippen LogP contribution in [-0.4, -0.2) is 47.1 Å². The van der Waals surface area contributed by atoms with Crippen LogP contribution in [0.4, 0.5) is 21.9 Å². The number of nitro benzene ring substituents is 1. The number of aromatic hydroxyl groups is 1. The first kappa shape index (κ1) is 16.6. The summed E-state index contributed by atoms with van der Waals surface area (Å²) in [7, 11) is 0. The number of nitrogens with zero attached hydrogens (tertiary/aromatic N) is 3. The highest BCUT2D eigenvalue weighted by Crippen LogP contribution is 2.22. The average molecular weight is 342 g/mol. The lowest BCUT2D eigenvalue weighted by Gasteiger charge is -2.36. The maximum Gasteiger partial charge on any atom is 0.321 e. The molecule has 0 aliphatic carbocycles. The van der Waals surface area contributed by atoms with Crippen LogP contribution in [-0.2, 0) is 0 Å². The van der Waals surface area contributed by atoms with Crippen molar-refractivity contribution in [2.75, 3.05) is 36.4 Å². The van der Waals surface area contributed by atoms with Gasteiger partial charge >= 0.3 is 6.03 Å². The molecule has 3 rings (SSSR count). The second kappa shape index (κ2) is 7.08. The lowest BCUT2D eigenvalue weighted by Crippen LogP contribution is -2.50. The van der Waals surface area contributed by atoms with E-state index >= 15 is 0 Å². The molecule has 130 valence electrons. The van der Waals surface area contributed by atoms with Gasteiger partial charge in [-0.25, -0.2) is 4.79 Å². The van der Waals surface area contributed by atoms with Gasteiger partial charge in [0, 0.05) is 55.8 Å². The molecule has 1 fully saturated rings. The number of hydrogen-bond donors (Lipinski definition) is 2. The van der Waals surface area contributed by atoms with Gasteiger partial charge in [0.25, 0.3) is 5.69 Å². The monoisotopic (exact) mass is 342 g/mol. The smallest absolute Gasteiger partial charge is 0.321 e. The van der Waals surface area contributed by atoms with Crippen molar-refractivity contribution >= 4 is 23.1 Å². The van der Waals surface area contributed by atoms with E-state index < -0.39 is 4.92 Å². The third-order valence-electron chi connectivity index (χ3n) is 4.09. The van der Waals surface area contributed by atoms with Crippen molar-refractivity contribution in [2.45, 2.75) is 0 Å². The quantitative estimate of drug-likeness (QED) is 0.660. The van der Waals surface area contributed by atoms with E-state index in [1.54, 1.807) is 23.1 Å². The predicted octanol–water partition coefficient (Wildman–Crippen LogP) is 2.65. The summed E-state index contributed by atoms with van der Waals surface area (Å²) in [5, 5.41) is 22.9. The maximum atomic E-state index is 12.3. The Morgan fingerprint density at radius 1 is 1.08 bits per heavy atom. The van der Waals surface area contributed by atoms with Crippen molar-refractivity contribution in [1.29, 1.82) is 0 Å². The molecule has 8 nitrogen and oxygen atoms in total. The fourth-order valence-electron chi connectivity index (χ4n) is 2.73. The van der Waals surface area contributed by atoms with Gasteiger partial charge in [-0.05, 0) is 24.3 Å². The number of piperazine rings is 1. The molecule has 0 bridgehead atoms. The molecule has 0 spiro atoms. The number of rotatable bonds is 3. The number of nitro groups is 1. The molecule has 2 amide bonds. The van der Waals surface area contributed by atoms with Crippen molar-refractivity contribution in [3.8, 4) is 5.75 Å². The summed E-state index contributed by atoms with van der Waals surface area (Å²) >= 11 is 0. The van der Waals surface area contributed by atoms with Crippen LogP contribution in [0.1, 0.15) is 0 Å². The van der Waals surface area contributed by atoms with E-state index in [0.717, 1.165) is 5.69 Å². The molecule has 0 radical (unpaired) electrons. The van der Waals surface area contributed by atoms with E-state index in [4.69, 9.17) is 0 Å². The Hall–Kier alpha value is -3.29. The number of anilines is 2. The van der Waals surface area contributed by atoms with E-state index in [1.807, 2.05) is 6.07 Å². The standard InChI is InChI=1S/C17H18N4O4/c22-16-3-1-2-15(12-16)19-8-10-20(11-9-19)17(23)18-13-4-6-14(7-5-13)21(24)25/h1-7,12,22H,8-11H2,(H,18,23). The molecule has 8 heteroatoms. The van der Waals surface area contributed by atoms with Gasteiger partial charge < -0.3 is 20.2 Å². The molecule has 1 aliphatic rings. The number of nitrogens with one attached hydrogen (secondary N) is 1. The number of carbonyl (C=O) groups is 1. The van der Waals surface area contributed by atoms with Gasteiger partial charge in [-0.1, -0.05) is 6.07 Å². The Balaban J connectivity index is 1.55. The van der Waals surface area contributed by atoms with E-state index in [2.05, 4.69) is 10.2 Å². The number of phenols is 1. The number of carbonyl (C=O) groups excluding carboxylic acids is 1. The minimum Gasteiger partial charge on any atom is -0.508 e. The first-order valence-corrected chi connectivity index (χ1v) is 7.87. The van der Waals surface area contributed by atoms with Gasteiger partial charge in [0.15, 0.2) is 0 Å². The predicted molar refractivity (Wildman–Crippen MR) is 94.0 cm³/mol. The number of urea groups is 1. The van der Waals surface area contributed by atoms with Gasteiger partial charge in [-0.3, -0.25) is 10.1 Å². The third-order valence-corrected chi connectivity index (χ3v) is 4.09. The Labute approximate surface area is 144 Å². The van der Waals surface area contributed by atoms with Crippen LogP contribution in [0.15, 0.2) is 48.5 Å². The Kier molecular flexibility index (Phi) is 4.69. The number of phenolic OH excluding ortho intramolecular Hbond substituents is 1. The second-order valence-electron chi connectivity index (χ2n) is 5.73. The van der Waals surface area contributed by atoms with Gasteiger partial charge in [-0.15, -0.1) is 0 Å². The summed E-state index contributed by atoms with van der Waals surface area (Å²) in [6, 6.07) is 12.5. The summed E-state index contributed by atoms with van der Waals surface area (Å²) in [6.07, 6.45) is 0. The molecule has 1 aliphatic heterocycles.